The van der Waals surface area contributed by atoms with E-state index in [0.29, 0.717) is 12.3 Å². The van der Waals surface area contributed by atoms with E-state index in [0.717, 1.165) is 10.2 Å². The number of para-hydroxylation sites is 1. The van der Waals surface area contributed by atoms with E-state index >= 15 is 0 Å². The van der Waals surface area contributed by atoms with Crippen molar-refractivity contribution in [3.63, 3.8) is 0 Å². The SMILES string of the molecule is CN(C)C(=O)SCCn1c(=O)sc2ccccc21. The van der Waals surface area contributed by atoms with Crippen LogP contribution in [-0.2, 0) is 6.54 Å². The molecule has 2 rings (SSSR count). The van der Waals surface area contributed by atoms with Gasteiger partial charge in [-0.05, 0) is 12.1 Å². The van der Waals surface area contributed by atoms with Gasteiger partial charge in [0.15, 0.2) is 0 Å². The highest BCUT2D eigenvalue weighted by Crippen LogP contribution is 2.17. The lowest BCUT2D eigenvalue weighted by atomic mass is 10.3. The Labute approximate surface area is 113 Å². The molecule has 0 unspecified atom stereocenters. The lowest BCUT2D eigenvalue weighted by Crippen LogP contribution is -2.19. The predicted octanol–water partition coefficient (Wildman–Crippen LogP) is 2.48. The molecular formula is C12H14N2O2S2. The van der Waals surface area contributed by atoms with Gasteiger partial charge < -0.3 is 4.90 Å². The predicted molar refractivity (Wildman–Crippen MR) is 77.6 cm³/mol. The number of carbonyl (C=O) groups excluding carboxylic acids is 1. The average molecular weight is 282 g/mol. The van der Waals surface area contributed by atoms with Crippen LogP contribution in [0.2, 0.25) is 0 Å². The standard InChI is InChI=1S/C12H14N2O2S2/c1-13(2)11(15)17-8-7-14-9-5-3-4-6-10(9)18-12(14)16/h3-6H,7-8H2,1-2H3. The molecule has 0 atom stereocenters. The summed E-state index contributed by atoms with van der Waals surface area (Å²) in [6.45, 7) is 0.563. The second-order valence-electron chi connectivity index (χ2n) is 4.00. The molecule has 2 aromatic rings. The molecule has 0 saturated carbocycles. The van der Waals surface area contributed by atoms with Crippen molar-refractivity contribution in [2.75, 3.05) is 19.8 Å². The van der Waals surface area contributed by atoms with Crippen LogP contribution >= 0.6 is 23.1 Å². The number of carbonyl (C=O) groups is 1. The van der Waals surface area contributed by atoms with Crippen LogP contribution in [0.4, 0.5) is 4.79 Å². The Morgan fingerprint density at radius 3 is 2.83 bits per heavy atom. The Kier molecular flexibility index (Phi) is 4.08. The van der Waals surface area contributed by atoms with Gasteiger partial charge in [0.2, 0.25) is 0 Å². The van der Waals surface area contributed by atoms with Crippen LogP contribution in [0.5, 0.6) is 0 Å². The van der Waals surface area contributed by atoms with Crippen molar-refractivity contribution in [1.29, 1.82) is 0 Å². The number of fused-ring (bicyclic) bond motifs is 1. The largest absolute Gasteiger partial charge is 0.340 e. The quantitative estimate of drug-likeness (QED) is 0.868. The highest BCUT2D eigenvalue weighted by atomic mass is 32.2. The molecule has 0 aliphatic rings. The monoisotopic (exact) mass is 282 g/mol. The summed E-state index contributed by atoms with van der Waals surface area (Å²) in [5.41, 5.74) is 0.949. The van der Waals surface area contributed by atoms with Gasteiger partial charge >= 0.3 is 4.87 Å². The molecule has 1 aromatic heterocycles. The summed E-state index contributed by atoms with van der Waals surface area (Å²) in [5, 5.41) is 0.0163. The lowest BCUT2D eigenvalue weighted by molar-refractivity contribution is 0.241. The number of amides is 1. The topological polar surface area (TPSA) is 42.3 Å². The second kappa shape index (κ2) is 5.58. The van der Waals surface area contributed by atoms with E-state index in [1.165, 1.54) is 23.1 Å². The number of aromatic nitrogens is 1. The minimum absolute atomic E-state index is 0.0163. The van der Waals surface area contributed by atoms with Crippen molar-refractivity contribution in [3.05, 3.63) is 33.9 Å². The Balaban J connectivity index is 2.10. The van der Waals surface area contributed by atoms with Gasteiger partial charge in [-0.1, -0.05) is 35.2 Å². The number of nitrogens with zero attached hydrogens (tertiary/aromatic N) is 2. The van der Waals surface area contributed by atoms with Crippen molar-refractivity contribution < 1.29 is 4.79 Å². The third kappa shape index (κ3) is 2.76. The Hall–Kier alpha value is -1.27. The molecule has 1 heterocycles. The highest BCUT2D eigenvalue weighted by Gasteiger charge is 2.08. The molecule has 0 aliphatic heterocycles. The molecule has 0 radical (unpaired) electrons. The maximum Gasteiger partial charge on any atom is 0.308 e. The summed E-state index contributed by atoms with van der Waals surface area (Å²) in [7, 11) is 3.45. The van der Waals surface area contributed by atoms with Gasteiger partial charge in [-0.15, -0.1) is 0 Å². The molecule has 0 fully saturated rings. The van der Waals surface area contributed by atoms with Crippen molar-refractivity contribution in [3.8, 4) is 0 Å². The first-order chi connectivity index (χ1) is 8.59. The van der Waals surface area contributed by atoms with E-state index in [-0.39, 0.29) is 10.1 Å². The van der Waals surface area contributed by atoms with Gasteiger partial charge in [0, 0.05) is 26.4 Å². The molecule has 18 heavy (non-hydrogen) atoms. The van der Waals surface area contributed by atoms with E-state index in [4.69, 9.17) is 0 Å². The number of benzene rings is 1. The first-order valence-corrected chi connectivity index (χ1v) is 7.32. The fraction of sp³-hybridized carbons (Fsp3) is 0.333. The normalized spacial score (nSPS) is 10.8. The van der Waals surface area contributed by atoms with Crippen LogP contribution in [0, 0.1) is 0 Å². The lowest BCUT2D eigenvalue weighted by Gasteiger charge is -2.09. The Bertz CT molecular complexity index is 616. The van der Waals surface area contributed by atoms with Crippen molar-refractivity contribution in [2.24, 2.45) is 0 Å². The first kappa shape index (κ1) is 13.2. The second-order valence-corrected chi connectivity index (χ2v) is 6.04. The molecule has 0 spiro atoms. The van der Waals surface area contributed by atoms with Crippen LogP contribution in [0.3, 0.4) is 0 Å². The Morgan fingerprint density at radius 2 is 2.11 bits per heavy atom. The van der Waals surface area contributed by atoms with Crippen LogP contribution in [0.1, 0.15) is 0 Å². The molecule has 0 saturated heterocycles. The maximum absolute atomic E-state index is 11.8. The van der Waals surface area contributed by atoms with Gasteiger partial charge in [-0.3, -0.25) is 14.2 Å². The smallest absolute Gasteiger partial charge is 0.308 e. The van der Waals surface area contributed by atoms with Crippen LogP contribution in [0.15, 0.2) is 29.1 Å². The van der Waals surface area contributed by atoms with Crippen molar-refractivity contribution in [2.45, 2.75) is 6.54 Å². The zero-order chi connectivity index (χ0) is 13.1. The number of thiazole rings is 1. The van der Waals surface area contributed by atoms with E-state index in [1.54, 1.807) is 23.6 Å². The Morgan fingerprint density at radius 1 is 1.39 bits per heavy atom. The summed E-state index contributed by atoms with van der Waals surface area (Å²) in [5.74, 6) is 0.609. The number of hydrogen-bond donors (Lipinski definition) is 0. The molecule has 6 heteroatoms. The molecule has 96 valence electrons. The zero-order valence-corrected chi connectivity index (χ0v) is 11.9. The van der Waals surface area contributed by atoms with Gasteiger partial charge in [-0.25, -0.2) is 0 Å². The molecule has 0 bridgehead atoms. The van der Waals surface area contributed by atoms with E-state index in [9.17, 15) is 9.59 Å². The van der Waals surface area contributed by atoms with E-state index < -0.39 is 0 Å². The number of rotatable bonds is 3. The van der Waals surface area contributed by atoms with Gasteiger partial charge in [0.05, 0.1) is 10.2 Å². The van der Waals surface area contributed by atoms with Crippen LogP contribution in [0.25, 0.3) is 10.2 Å². The maximum atomic E-state index is 11.8. The average Bonchev–Trinajstić information content (AvgIpc) is 2.65. The fourth-order valence-electron chi connectivity index (χ4n) is 1.58. The fourth-order valence-corrected chi connectivity index (χ4v) is 3.20. The van der Waals surface area contributed by atoms with Gasteiger partial charge in [0.1, 0.15) is 0 Å². The number of thioether (sulfide) groups is 1. The number of aryl methyl sites for hydroxylation is 1. The van der Waals surface area contributed by atoms with E-state index in [1.807, 2.05) is 24.3 Å². The molecule has 1 aromatic carbocycles. The zero-order valence-electron chi connectivity index (χ0n) is 10.3. The molecule has 0 aliphatic carbocycles. The minimum Gasteiger partial charge on any atom is -0.340 e. The molecule has 4 nitrogen and oxygen atoms in total. The third-order valence-corrected chi connectivity index (χ3v) is 4.44. The summed E-state index contributed by atoms with van der Waals surface area (Å²) >= 11 is 2.48. The summed E-state index contributed by atoms with van der Waals surface area (Å²) in [6.07, 6.45) is 0. The van der Waals surface area contributed by atoms with Crippen LogP contribution < -0.4 is 4.87 Å². The summed E-state index contributed by atoms with van der Waals surface area (Å²) in [6, 6.07) is 7.72. The van der Waals surface area contributed by atoms with Gasteiger partial charge in [0.25, 0.3) is 5.24 Å². The third-order valence-electron chi connectivity index (χ3n) is 2.48. The highest BCUT2D eigenvalue weighted by molar-refractivity contribution is 8.13. The number of hydrogen-bond acceptors (Lipinski definition) is 4. The molecule has 1 amide bonds. The first-order valence-electron chi connectivity index (χ1n) is 5.52. The molecular weight excluding hydrogens is 268 g/mol. The molecule has 0 N–H and O–H groups in total. The van der Waals surface area contributed by atoms with Gasteiger partial charge in [-0.2, -0.15) is 0 Å². The summed E-state index contributed by atoms with van der Waals surface area (Å²) < 4.78 is 2.72. The van der Waals surface area contributed by atoms with E-state index in [2.05, 4.69) is 0 Å². The summed E-state index contributed by atoms with van der Waals surface area (Å²) in [4.78, 5) is 24.8. The van der Waals surface area contributed by atoms with Crippen molar-refractivity contribution >= 4 is 38.6 Å². The van der Waals surface area contributed by atoms with Crippen LogP contribution in [-0.4, -0.2) is 34.6 Å². The minimum atomic E-state index is 0.0163. The van der Waals surface area contributed by atoms with Crippen molar-refractivity contribution in [1.82, 2.24) is 9.47 Å².